The van der Waals surface area contributed by atoms with Crippen LogP contribution in [0.5, 0.6) is 5.75 Å². The normalized spacial score (nSPS) is 14.8. The summed E-state index contributed by atoms with van der Waals surface area (Å²) in [7, 11) is 0. The van der Waals surface area contributed by atoms with Crippen LogP contribution in [0.25, 0.3) is 20.3 Å². The monoisotopic (exact) mass is 466 g/mol. The zero-order valence-electron chi connectivity index (χ0n) is 18.0. The van der Waals surface area contributed by atoms with Crippen LogP contribution < -0.4 is 15.0 Å². The number of amides is 1. The van der Waals surface area contributed by atoms with Gasteiger partial charge in [-0.05, 0) is 30.5 Å². The smallest absolute Gasteiger partial charge is 0.257 e. The van der Waals surface area contributed by atoms with Crippen LogP contribution in [0, 0.1) is 6.92 Å². The topological polar surface area (TPSA) is 57.7 Å². The summed E-state index contributed by atoms with van der Waals surface area (Å²) < 4.78 is 8.14. The molecular formula is C24H26N4O2S2. The van der Waals surface area contributed by atoms with Gasteiger partial charge in [-0.3, -0.25) is 9.69 Å². The molecule has 0 unspecified atom stereocenters. The standard InChI is InChI=1S/C24H26N4O2S2/c1-17-26-23-21(32-17)15-20(19-7-14-31-24(19)23)30-16-22(29)25-8-9-27-10-12-28(13-11-27)18-5-3-2-4-6-18/h2-7,14-15H,8-13,16H2,1H3,(H,25,29). The molecule has 0 atom stereocenters. The lowest BCUT2D eigenvalue weighted by atomic mass is 10.2. The van der Waals surface area contributed by atoms with Gasteiger partial charge in [0.05, 0.1) is 19.9 Å². The van der Waals surface area contributed by atoms with Gasteiger partial charge < -0.3 is 15.0 Å². The second-order valence-electron chi connectivity index (χ2n) is 7.92. The Labute approximate surface area is 195 Å². The Balaban J connectivity index is 1.09. The molecule has 0 spiro atoms. The van der Waals surface area contributed by atoms with Crippen molar-refractivity contribution < 1.29 is 9.53 Å². The van der Waals surface area contributed by atoms with Crippen LogP contribution in [0.4, 0.5) is 5.69 Å². The molecule has 1 amide bonds. The van der Waals surface area contributed by atoms with E-state index in [1.165, 1.54) is 5.69 Å². The maximum absolute atomic E-state index is 12.4. The van der Waals surface area contributed by atoms with E-state index >= 15 is 0 Å². The molecule has 0 saturated carbocycles. The Kier molecular flexibility index (Phi) is 6.25. The van der Waals surface area contributed by atoms with Crippen LogP contribution in [0.15, 0.2) is 47.8 Å². The van der Waals surface area contributed by atoms with Crippen LogP contribution in [-0.4, -0.2) is 61.7 Å². The van der Waals surface area contributed by atoms with Crippen LogP contribution in [0.3, 0.4) is 0 Å². The molecule has 3 heterocycles. The lowest BCUT2D eigenvalue weighted by Crippen LogP contribution is -2.48. The number of rotatable bonds is 7. The van der Waals surface area contributed by atoms with Crippen molar-refractivity contribution in [2.24, 2.45) is 0 Å². The first kappa shape index (κ1) is 21.2. The van der Waals surface area contributed by atoms with Crippen LogP contribution in [0.2, 0.25) is 0 Å². The molecular weight excluding hydrogens is 440 g/mol. The number of piperazine rings is 1. The lowest BCUT2D eigenvalue weighted by molar-refractivity contribution is -0.123. The first-order chi connectivity index (χ1) is 15.7. The van der Waals surface area contributed by atoms with Crippen LogP contribution >= 0.6 is 22.7 Å². The van der Waals surface area contributed by atoms with E-state index in [0.29, 0.717) is 6.54 Å². The van der Waals surface area contributed by atoms with Crippen LogP contribution in [0.1, 0.15) is 5.01 Å². The molecule has 1 aliphatic heterocycles. The van der Waals surface area contributed by atoms with E-state index in [-0.39, 0.29) is 12.5 Å². The van der Waals surface area contributed by atoms with E-state index in [9.17, 15) is 4.79 Å². The molecule has 1 fully saturated rings. The summed E-state index contributed by atoms with van der Waals surface area (Å²) >= 11 is 3.31. The van der Waals surface area contributed by atoms with Gasteiger partial charge in [0.25, 0.3) is 5.91 Å². The summed E-state index contributed by atoms with van der Waals surface area (Å²) in [4.78, 5) is 21.8. The Bertz CT molecular complexity index is 1210. The maximum atomic E-state index is 12.4. The van der Waals surface area contributed by atoms with Crippen molar-refractivity contribution in [1.82, 2.24) is 15.2 Å². The molecule has 166 valence electrons. The average molecular weight is 467 g/mol. The second kappa shape index (κ2) is 9.44. The Morgan fingerprint density at radius 3 is 2.78 bits per heavy atom. The van der Waals surface area contributed by atoms with Gasteiger partial charge in [-0.2, -0.15) is 0 Å². The number of carbonyl (C=O) groups is 1. The molecule has 1 saturated heterocycles. The molecule has 4 aromatic rings. The quantitative estimate of drug-likeness (QED) is 0.444. The minimum absolute atomic E-state index is 0.0238. The highest BCUT2D eigenvalue weighted by Crippen LogP contribution is 2.38. The molecule has 0 radical (unpaired) electrons. The molecule has 2 aromatic heterocycles. The van der Waals surface area contributed by atoms with Crippen molar-refractivity contribution in [3.05, 3.63) is 52.9 Å². The number of thiophene rings is 1. The maximum Gasteiger partial charge on any atom is 0.257 e. The minimum Gasteiger partial charge on any atom is -0.483 e. The van der Waals surface area contributed by atoms with E-state index in [4.69, 9.17) is 4.74 Å². The Morgan fingerprint density at radius 1 is 1.16 bits per heavy atom. The number of nitrogens with one attached hydrogen (secondary N) is 1. The molecule has 8 heteroatoms. The molecule has 0 aliphatic carbocycles. The van der Waals surface area contributed by atoms with Crippen molar-refractivity contribution in [2.45, 2.75) is 6.92 Å². The predicted molar refractivity (Wildman–Crippen MR) is 133 cm³/mol. The van der Waals surface area contributed by atoms with Crippen molar-refractivity contribution in [1.29, 1.82) is 0 Å². The largest absolute Gasteiger partial charge is 0.483 e. The molecule has 1 aliphatic rings. The fourth-order valence-electron chi connectivity index (χ4n) is 4.12. The number of hydrogen-bond donors (Lipinski definition) is 1. The molecule has 6 nitrogen and oxygen atoms in total. The third-order valence-corrected chi connectivity index (χ3v) is 7.61. The number of thiazole rings is 1. The summed E-state index contributed by atoms with van der Waals surface area (Å²) in [5.74, 6) is 0.668. The summed E-state index contributed by atoms with van der Waals surface area (Å²) in [6, 6.07) is 14.6. The van der Waals surface area contributed by atoms with Crippen molar-refractivity contribution in [3.63, 3.8) is 0 Å². The SMILES string of the molecule is Cc1nc2c(cc(OCC(=O)NCCN3CCN(c4ccccc4)CC3)c3ccsc32)s1. The Morgan fingerprint density at radius 2 is 1.97 bits per heavy atom. The number of ether oxygens (including phenoxy) is 1. The third-order valence-electron chi connectivity index (χ3n) is 5.77. The molecule has 1 N–H and O–H groups in total. The Hall–Kier alpha value is -2.68. The first-order valence-electron chi connectivity index (χ1n) is 10.9. The molecule has 2 aromatic carbocycles. The van der Waals surface area contributed by atoms with Gasteiger partial charge in [-0.15, -0.1) is 22.7 Å². The summed E-state index contributed by atoms with van der Waals surface area (Å²) in [6.07, 6.45) is 0. The van der Waals surface area contributed by atoms with Crippen molar-refractivity contribution >= 4 is 54.6 Å². The summed E-state index contributed by atoms with van der Waals surface area (Å²) in [6.45, 7) is 7.56. The number of anilines is 1. The number of aromatic nitrogens is 1. The van der Waals surface area contributed by atoms with Gasteiger partial charge in [0.1, 0.15) is 5.75 Å². The third kappa shape index (κ3) is 4.57. The van der Waals surface area contributed by atoms with Gasteiger partial charge in [-0.1, -0.05) is 18.2 Å². The average Bonchev–Trinajstić information content (AvgIpc) is 3.44. The second-order valence-corrected chi connectivity index (χ2v) is 10.1. The number of benzene rings is 2. The highest BCUT2D eigenvalue weighted by Gasteiger charge is 2.17. The zero-order valence-corrected chi connectivity index (χ0v) is 19.7. The van der Waals surface area contributed by atoms with E-state index in [1.807, 2.05) is 30.5 Å². The van der Waals surface area contributed by atoms with Gasteiger partial charge in [0, 0.05) is 56.4 Å². The first-order valence-corrected chi connectivity index (χ1v) is 12.6. The van der Waals surface area contributed by atoms with Crippen molar-refractivity contribution in [2.75, 3.05) is 50.8 Å². The van der Waals surface area contributed by atoms with E-state index < -0.39 is 0 Å². The lowest BCUT2D eigenvalue weighted by Gasteiger charge is -2.36. The van der Waals surface area contributed by atoms with Gasteiger partial charge in [0.2, 0.25) is 0 Å². The highest BCUT2D eigenvalue weighted by molar-refractivity contribution is 7.21. The molecule has 32 heavy (non-hydrogen) atoms. The number of aryl methyl sites for hydroxylation is 1. The number of hydrogen-bond acceptors (Lipinski definition) is 7. The number of carbonyl (C=O) groups excluding carboxylic acids is 1. The fourth-order valence-corrected chi connectivity index (χ4v) is 5.96. The predicted octanol–water partition coefficient (Wildman–Crippen LogP) is 4.14. The van der Waals surface area contributed by atoms with Gasteiger partial charge in [-0.25, -0.2) is 4.98 Å². The highest BCUT2D eigenvalue weighted by atomic mass is 32.1. The summed E-state index contributed by atoms with van der Waals surface area (Å²) in [5, 5.41) is 7.11. The fraction of sp³-hybridized carbons (Fsp3) is 0.333. The zero-order chi connectivity index (χ0) is 21.9. The van der Waals surface area contributed by atoms with E-state index in [0.717, 1.165) is 63.8 Å². The van der Waals surface area contributed by atoms with E-state index in [1.54, 1.807) is 22.7 Å². The summed E-state index contributed by atoms with van der Waals surface area (Å²) in [5.41, 5.74) is 2.31. The number of nitrogens with zero attached hydrogens (tertiary/aromatic N) is 3. The molecule has 5 rings (SSSR count). The van der Waals surface area contributed by atoms with Crippen LogP contribution in [-0.2, 0) is 4.79 Å². The number of para-hydroxylation sites is 1. The van der Waals surface area contributed by atoms with Gasteiger partial charge in [0.15, 0.2) is 6.61 Å². The minimum atomic E-state index is -0.0862. The van der Waals surface area contributed by atoms with E-state index in [2.05, 4.69) is 44.4 Å². The molecule has 0 bridgehead atoms. The van der Waals surface area contributed by atoms with Crippen molar-refractivity contribution in [3.8, 4) is 5.75 Å². The number of fused-ring (bicyclic) bond motifs is 3. The van der Waals surface area contributed by atoms with Gasteiger partial charge >= 0.3 is 0 Å².